The molecule has 4 nitrogen and oxygen atoms in total. The molecule has 1 saturated heterocycles. The van der Waals surface area contributed by atoms with E-state index in [0.29, 0.717) is 23.0 Å². The number of aromatic nitrogens is 1. The van der Waals surface area contributed by atoms with E-state index in [1.807, 2.05) is 24.4 Å². The van der Waals surface area contributed by atoms with E-state index in [1.54, 1.807) is 6.07 Å². The normalized spacial score (nSPS) is 19.3. The summed E-state index contributed by atoms with van der Waals surface area (Å²) in [6.07, 6.45) is 4.37. The first-order chi connectivity index (χ1) is 12.5. The van der Waals surface area contributed by atoms with Gasteiger partial charge >= 0.3 is 5.97 Å². The lowest BCUT2D eigenvalue weighted by Gasteiger charge is -2.37. The van der Waals surface area contributed by atoms with Gasteiger partial charge in [-0.1, -0.05) is 42.3 Å². The zero-order valence-electron chi connectivity index (χ0n) is 14.7. The van der Waals surface area contributed by atoms with Gasteiger partial charge in [0.05, 0.1) is 27.7 Å². The molecule has 0 saturated carbocycles. The van der Waals surface area contributed by atoms with Crippen molar-refractivity contribution in [1.82, 2.24) is 9.88 Å². The molecule has 6 heteroatoms. The van der Waals surface area contributed by atoms with E-state index in [4.69, 9.17) is 23.2 Å². The van der Waals surface area contributed by atoms with Crippen LogP contribution in [0.3, 0.4) is 0 Å². The van der Waals surface area contributed by atoms with Gasteiger partial charge in [-0.05, 0) is 55.1 Å². The molecule has 1 aromatic heterocycles. The highest BCUT2D eigenvalue weighted by molar-refractivity contribution is 6.42. The van der Waals surface area contributed by atoms with Crippen molar-refractivity contribution in [3.63, 3.8) is 0 Å². The van der Waals surface area contributed by atoms with Gasteiger partial charge in [-0.3, -0.25) is 14.7 Å². The molecule has 2 aromatic rings. The van der Waals surface area contributed by atoms with Gasteiger partial charge in [-0.25, -0.2) is 0 Å². The van der Waals surface area contributed by atoms with E-state index in [0.717, 1.165) is 30.6 Å². The fourth-order valence-corrected chi connectivity index (χ4v) is 3.81. The number of hydrogen-bond donors (Lipinski definition) is 1. The van der Waals surface area contributed by atoms with Gasteiger partial charge in [0.2, 0.25) is 0 Å². The van der Waals surface area contributed by atoms with Crippen LogP contribution in [0.2, 0.25) is 10.0 Å². The third-order valence-electron chi connectivity index (χ3n) is 4.96. The Balaban J connectivity index is 1.99. The molecule has 2 atom stereocenters. The minimum Gasteiger partial charge on any atom is -0.481 e. The molecule has 1 aliphatic rings. The second-order valence-corrected chi connectivity index (χ2v) is 7.51. The molecule has 2 heterocycles. The topological polar surface area (TPSA) is 53.4 Å². The van der Waals surface area contributed by atoms with Crippen molar-refractivity contribution < 1.29 is 9.90 Å². The largest absolute Gasteiger partial charge is 0.481 e. The molecular weight excluding hydrogens is 371 g/mol. The SMILES string of the molecule is CCc1ccc(C(c2ccc(Cl)c(Cl)c2)N2CCCC(C(=O)O)C2)nc1. The third-order valence-corrected chi connectivity index (χ3v) is 5.70. The van der Waals surface area contributed by atoms with Crippen molar-refractivity contribution >= 4 is 29.2 Å². The third kappa shape index (κ3) is 4.20. The molecule has 0 aliphatic carbocycles. The number of pyridine rings is 1. The molecule has 2 unspecified atom stereocenters. The number of piperidine rings is 1. The van der Waals surface area contributed by atoms with Crippen molar-refractivity contribution in [3.05, 3.63) is 63.4 Å². The average molecular weight is 393 g/mol. The van der Waals surface area contributed by atoms with Crippen molar-refractivity contribution in [2.24, 2.45) is 5.92 Å². The van der Waals surface area contributed by atoms with Crippen LogP contribution in [0.25, 0.3) is 0 Å². The lowest BCUT2D eigenvalue weighted by molar-refractivity contribution is -0.143. The summed E-state index contributed by atoms with van der Waals surface area (Å²) in [7, 11) is 0. The zero-order chi connectivity index (χ0) is 18.7. The lowest BCUT2D eigenvalue weighted by atomic mass is 9.93. The Morgan fingerprint density at radius 1 is 1.31 bits per heavy atom. The number of benzene rings is 1. The van der Waals surface area contributed by atoms with Crippen LogP contribution in [0.4, 0.5) is 0 Å². The number of carboxylic acid groups (broad SMARTS) is 1. The summed E-state index contributed by atoms with van der Waals surface area (Å²) in [4.78, 5) is 18.3. The van der Waals surface area contributed by atoms with E-state index in [-0.39, 0.29) is 12.0 Å². The van der Waals surface area contributed by atoms with Crippen LogP contribution in [0.5, 0.6) is 0 Å². The molecule has 0 bridgehead atoms. The summed E-state index contributed by atoms with van der Waals surface area (Å²) in [5.41, 5.74) is 3.04. The number of rotatable bonds is 5. The molecular formula is C20H22Cl2N2O2. The average Bonchev–Trinajstić information content (AvgIpc) is 2.65. The number of aliphatic carboxylic acids is 1. The first-order valence-corrected chi connectivity index (χ1v) is 9.61. The predicted octanol–water partition coefficient (Wildman–Crippen LogP) is 4.84. The van der Waals surface area contributed by atoms with Crippen LogP contribution < -0.4 is 0 Å². The Kier molecular flexibility index (Phi) is 6.17. The van der Waals surface area contributed by atoms with Crippen LogP contribution in [0, 0.1) is 5.92 Å². The highest BCUT2D eigenvalue weighted by Crippen LogP contribution is 2.34. The van der Waals surface area contributed by atoms with Crippen LogP contribution in [-0.4, -0.2) is 34.0 Å². The first kappa shape index (κ1) is 19.2. The minimum absolute atomic E-state index is 0.141. The van der Waals surface area contributed by atoms with E-state index in [2.05, 4.69) is 22.9 Å². The van der Waals surface area contributed by atoms with Crippen LogP contribution in [0.15, 0.2) is 36.5 Å². The van der Waals surface area contributed by atoms with Crippen LogP contribution in [0.1, 0.15) is 42.6 Å². The second-order valence-electron chi connectivity index (χ2n) is 6.69. The van der Waals surface area contributed by atoms with Crippen molar-refractivity contribution in [2.75, 3.05) is 13.1 Å². The Hall–Kier alpha value is -1.62. The van der Waals surface area contributed by atoms with Gasteiger partial charge in [0.15, 0.2) is 0 Å². The summed E-state index contributed by atoms with van der Waals surface area (Å²) in [5, 5.41) is 10.4. The highest BCUT2D eigenvalue weighted by atomic mass is 35.5. The van der Waals surface area contributed by atoms with Gasteiger partial charge in [-0.2, -0.15) is 0 Å². The van der Waals surface area contributed by atoms with Crippen LogP contribution >= 0.6 is 23.2 Å². The summed E-state index contributed by atoms with van der Waals surface area (Å²) >= 11 is 12.3. The van der Waals surface area contributed by atoms with Gasteiger partial charge in [0.25, 0.3) is 0 Å². The molecule has 3 rings (SSSR count). The van der Waals surface area contributed by atoms with Crippen molar-refractivity contribution in [3.8, 4) is 0 Å². The summed E-state index contributed by atoms with van der Waals surface area (Å²) in [6.45, 7) is 3.42. The molecule has 1 N–H and O–H groups in total. The number of halogens is 2. The monoisotopic (exact) mass is 392 g/mol. The molecule has 0 amide bonds. The van der Waals surface area contributed by atoms with Gasteiger partial charge in [0.1, 0.15) is 0 Å². The van der Waals surface area contributed by atoms with E-state index in [9.17, 15) is 9.90 Å². The number of carbonyl (C=O) groups is 1. The number of carboxylic acids is 1. The van der Waals surface area contributed by atoms with E-state index >= 15 is 0 Å². The summed E-state index contributed by atoms with van der Waals surface area (Å²) in [6, 6.07) is 9.54. The minimum atomic E-state index is -0.739. The quantitative estimate of drug-likeness (QED) is 0.790. The second kappa shape index (κ2) is 8.38. The van der Waals surface area contributed by atoms with Gasteiger partial charge in [0, 0.05) is 12.7 Å². The van der Waals surface area contributed by atoms with Gasteiger partial charge in [-0.15, -0.1) is 0 Å². The molecule has 1 fully saturated rings. The number of hydrogen-bond acceptors (Lipinski definition) is 3. The molecule has 0 spiro atoms. The number of likely N-dealkylation sites (tertiary alicyclic amines) is 1. The summed E-state index contributed by atoms with van der Waals surface area (Å²) in [5.74, 6) is -1.10. The smallest absolute Gasteiger partial charge is 0.307 e. The molecule has 0 radical (unpaired) electrons. The van der Waals surface area contributed by atoms with Crippen molar-refractivity contribution in [2.45, 2.75) is 32.2 Å². The van der Waals surface area contributed by atoms with Gasteiger partial charge < -0.3 is 5.11 Å². The Morgan fingerprint density at radius 2 is 2.12 bits per heavy atom. The molecule has 138 valence electrons. The molecule has 1 aliphatic heterocycles. The van der Waals surface area contributed by atoms with Crippen LogP contribution in [-0.2, 0) is 11.2 Å². The fraction of sp³-hybridized carbons (Fsp3) is 0.400. The molecule has 1 aromatic carbocycles. The predicted molar refractivity (Wildman–Crippen MR) is 104 cm³/mol. The summed E-state index contributed by atoms with van der Waals surface area (Å²) < 4.78 is 0. The Labute approximate surface area is 163 Å². The lowest BCUT2D eigenvalue weighted by Crippen LogP contribution is -2.41. The maximum atomic E-state index is 11.5. The van der Waals surface area contributed by atoms with E-state index in [1.165, 1.54) is 5.56 Å². The Bertz CT molecular complexity index is 780. The number of nitrogens with zero attached hydrogens (tertiary/aromatic N) is 2. The Morgan fingerprint density at radius 3 is 2.73 bits per heavy atom. The first-order valence-electron chi connectivity index (χ1n) is 8.86. The number of aryl methyl sites for hydroxylation is 1. The highest BCUT2D eigenvalue weighted by Gasteiger charge is 2.32. The van der Waals surface area contributed by atoms with E-state index < -0.39 is 5.97 Å². The standard InChI is InChI=1S/C20H22Cl2N2O2/c1-2-13-5-8-18(23-11-13)19(14-6-7-16(21)17(22)10-14)24-9-3-4-15(12-24)20(25)26/h5-8,10-11,15,19H,2-4,9,12H2,1H3,(H,25,26). The maximum Gasteiger partial charge on any atom is 0.307 e. The van der Waals surface area contributed by atoms with Crippen molar-refractivity contribution in [1.29, 1.82) is 0 Å². The fourth-order valence-electron chi connectivity index (χ4n) is 3.50. The zero-order valence-corrected chi connectivity index (χ0v) is 16.2. The maximum absolute atomic E-state index is 11.5. The molecule has 26 heavy (non-hydrogen) atoms.